The molecule has 4 rings (SSSR count). The molecule has 7 nitrogen and oxygen atoms in total. The largest absolute Gasteiger partial charge is 0.496 e. The fourth-order valence-electron chi connectivity index (χ4n) is 5.32. The lowest BCUT2D eigenvalue weighted by molar-refractivity contribution is -0.135. The highest BCUT2D eigenvalue weighted by atomic mass is 28.4. The van der Waals surface area contributed by atoms with Crippen LogP contribution in [-0.2, 0) is 22.2 Å². The SMILES string of the molecule is COc1cccc(CN(C(=O)C2CN(C(=O)O)CC=C2c2ccc(CCCO[Si](C)(C)C(C)(C)C)cc2)C2CC2)c1C. The Bertz CT molecular complexity index is 1290. The molecule has 0 saturated heterocycles. The average molecular weight is 593 g/mol. The van der Waals surface area contributed by atoms with Crippen LogP contribution in [0.1, 0.15) is 62.3 Å². The van der Waals surface area contributed by atoms with E-state index in [0.29, 0.717) is 6.54 Å². The molecule has 1 aliphatic carbocycles. The van der Waals surface area contributed by atoms with E-state index in [0.717, 1.165) is 60.3 Å². The number of ether oxygens (including phenoxy) is 1. The van der Waals surface area contributed by atoms with Crippen LogP contribution in [0.15, 0.2) is 48.5 Å². The Hall–Kier alpha value is -3.10. The van der Waals surface area contributed by atoms with E-state index in [1.54, 1.807) is 7.11 Å². The van der Waals surface area contributed by atoms with Crippen molar-refractivity contribution in [2.24, 2.45) is 5.92 Å². The van der Waals surface area contributed by atoms with Crippen molar-refractivity contribution in [3.8, 4) is 5.75 Å². The Morgan fingerprint density at radius 2 is 1.79 bits per heavy atom. The Balaban J connectivity index is 1.50. The molecule has 2 aromatic rings. The molecule has 228 valence electrons. The number of aryl methyl sites for hydroxylation is 1. The second-order valence-electron chi connectivity index (χ2n) is 13.3. The number of carbonyl (C=O) groups is 2. The first-order chi connectivity index (χ1) is 19.8. The second kappa shape index (κ2) is 13.0. The van der Waals surface area contributed by atoms with Crippen LogP contribution in [0.3, 0.4) is 0 Å². The van der Waals surface area contributed by atoms with Crippen molar-refractivity contribution in [1.82, 2.24) is 9.80 Å². The van der Waals surface area contributed by atoms with Crippen LogP contribution in [0.2, 0.25) is 18.1 Å². The van der Waals surface area contributed by atoms with Gasteiger partial charge >= 0.3 is 6.09 Å². The van der Waals surface area contributed by atoms with E-state index in [1.807, 2.05) is 36.1 Å². The van der Waals surface area contributed by atoms with Gasteiger partial charge in [0.2, 0.25) is 5.91 Å². The van der Waals surface area contributed by atoms with E-state index in [4.69, 9.17) is 9.16 Å². The zero-order chi connectivity index (χ0) is 30.7. The van der Waals surface area contributed by atoms with Crippen molar-refractivity contribution >= 4 is 25.9 Å². The molecule has 1 N–H and O–H groups in total. The molecule has 1 atom stereocenters. The van der Waals surface area contributed by atoms with Crippen molar-refractivity contribution in [3.63, 3.8) is 0 Å². The number of carbonyl (C=O) groups excluding carboxylic acids is 1. The normalized spacial score (nSPS) is 17.5. The molecule has 0 bridgehead atoms. The zero-order valence-electron chi connectivity index (χ0n) is 26.4. The monoisotopic (exact) mass is 592 g/mol. The number of rotatable bonds is 11. The number of hydrogen-bond donors (Lipinski definition) is 1. The molecular formula is C34H48N2O5Si. The summed E-state index contributed by atoms with van der Waals surface area (Å²) in [5, 5.41) is 9.97. The highest BCUT2D eigenvalue weighted by Crippen LogP contribution is 2.37. The Morgan fingerprint density at radius 1 is 1.10 bits per heavy atom. The van der Waals surface area contributed by atoms with E-state index in [2.05, 4.69) is 58.1 Å². The van der Waals surface area contributed by atoms with Gasteiger partial charge in [-0.25, -0.2) is 4.79 Å². The van der Waals surface area contributed by atoms with E-state index in [9.17, 15) is 14.7 Å². The molecule has 0 spiro atoms. The molecule has 1 heterocycles. The van der Waals surface area contributed by atoms with Crippen molar-refractivity contribution in [2.75, 3.05) is 26.8 Å². The van der Waals surface area contributed by atoms with Gasteiger partial charge in [-0.05, 0) is 84.6 Å². The van der Waals surface area contributed by atoms with Crippen LogP contribution in [-0.4, -0.2) is 68.1 Å². The van der Waals surface area contributed by atoms with Gasteiger partial charge in [0.1, 0.15) is 5.75 Å². The van der Waals surface area contributed by atoms with E-state index >= 15 is 0 Å². The third kappa shape index (κ3) is 7.45. The Kier molecular flexibility index (Phi) is 9.88. The van der Waals surface area contributed by atoms with Gasteiger partial charge in [-0.15, -0.1) is 0 Å². The summed E-state index contributed by atoms with van der Waals surface area (Å²) in [6, 6.07) is 14.5. The van der Waals surface area contributed by atoms with Gasteiger partial charge in [0.05, 0.1) is 13.0 Å². The van der Waals surface area contributed by atoms with Gasteiger partial charge in [0.15, 0.2) is 8.32 Å². The summed E-state index contributed by atoms with van der Waals surface area (Å²) in [6.07, 6.45) is 4.75. The molecular weight excluding hydrogens is 544 g/mol. The highest BCUT2D eigenvalue weighted by molar-refractivity contribution is 6.74. The Morgan fingerprint density at radius 3 is 2.38 bits per heavy atom. The number of benzene rings is 2. The lowest BCUT2D eigenvalue weighted by Gasteiger charge is -2.36. The van der Waals surface area contributed by atoms with Gasteiger partial charge in [-0.2, -0.15) is 0 Å². The first-order valence-corrected chi connectivity index (χ1v) is 18.1. The van der Waals surface area contributed by atoms with Crippen LogP contribution in [0.25, 0.3) is 5.57 Å². The quantitative estimate of drug-likeness (QED) is 0.222. The first-order valence-electron chi connectivity index (χ1n) is 15.2. The standard InChI is InChI=1S/C34H48N2O5Si/c1-24-27(11-8-12-31(24)40-5)22-36(28-17-18-28)32(37)30-23-35(33(38)39)20-19-29(30)26-15-13-25(14-16-26)10-9-21-41-42(6,7)34(2,3)4/h8,11-16,19,28,30H,9-10,17-18,20-23H2,1-7H3,(H,38,39). The summed E-state index contributed by atoms with van der Waals surface area (Å²) in [5.41, 5.74) is 5.20. The summed E-state index contributed by atoms with van der Waals surface area (Å²) in [6.45, 7) is 15.0. The molecule has 2 aromatic carbocycles. The first kappa shape index (κ1) is 31.8. The lowest BCUT2D eigenvalue weighted by atomic mass is 9.87. The minimum atomic E-state index is -1.75. The fourth-order valence-corrected chi connectivity index (χ4v) is 6.41. The lowest BCUT2D eigenvalue weighted by Crippen LogP contribution is -2.46. The number of carboxylic acid groups (broad SMARTS) is 1. The van der Waals surface area contributed by atoms with Crippen molar-refractivity contribution in [2.45, 2.75) is 84.1 Å². The molecule has 0 radical (unpaired) electrons. The van der Waals surface area contributed by atoms with Gasteiger partial charge in [-0.1, -0.05) is 63.2 Å². The van der Waals surface area contributed by atoms with Crippen LogP contribution in [0.4, 0.5) is 4.79 Å². The van der Waals surface area contributed by atoms with Crippen LogP contribution in [0.5, 0.6) is 5.75 Å². The molecule has 42 heavy (non-hydrogen) atoms. The predicted molar refractivity (Wildman–Crippen MR) is 170 cm³/mol. The van der Waals surface area contributed by atoms with E-state index in [-0.39, 0.29) is 30.1 Å². The number of hydrogen-bond acceptors (Lipinski definition) is 4. The average Bonchev–Trinajstić information content (AvgIpc) is 3.79. The maximum absolute atomic E-state index is 14.2. The minimum Gasteiger partial charge on any atom is -0.496 e. The predicted octanol–water partition coefficient (Wildman–Crippen LogP) is 7.14. The molecule has 1 saturated carbocycles. The van der Waals surface area contributed by atoms with Gasteiger partial charge in [0.25, 0.3) is 0 Å². The highest BCUT2D eigenvalue weighted by Gasteiger charge is 2.40. The maximum Gasteiger partial charge on any atom is 0.407 e. The minimum absolute atomic E-state index is 0.0104. The molecule has 2 amide bonds. The smallest absolute Gasteiger partial charge is 0.407 e. The second-order valence-corrected chi connectivity index (χ2v) is 18.1. The number of methoxy groups -OCH3 is 1. The molecule has 8 heteroatoms. The van der Waals surface area contributed by atoms with Gasteiger partial charge in [0, 0.05) is 32.3 Å². The third-order valence-corrected chi connectivity index (χ3v) is 13.8. The molecule has 0 aromatic heterocycles. The number of nitrogens with zero attached hydrogens (tertiary/aromatic N) is 2. The molecule has 1 aliphatic heterocycles. The summed E-state index contributed by atoms with van der Waals surface area (Å²) in [4.78, 5) is 29.4. The number of amides is 2. The topological polar surface area (TPSA) is 79.3 Å². The molecule has 1 unspecified atom stereocenters. The maximum atomic E-state index is 14.2. The Labute approximate surface area is 252 Å². The summed E-state index contributed by atoms with van der Waals surface area (Å²) >= 11 is 0. The van der Waals surface area contributed by atoms with Crippen LogP contribution >= 0.6 is 0 Å². The van der Waals surface area contributed by atoms with E-state index < -0.39 is 20.3 Å². The van der Waals surface area contributed by atoms with E-state index in [1.165, 1.54) is 10.5 Å². The fraction of sp³-hybridized carbons (Fsp3) is 0.529. The van der Waals surface area contributed by atoms with Crippen LogP contribution < -0.4 is 4.74 Å². The summed E-state index contributed by atoms with van der Waals surface area (Å²) < 4.78 is 11.9. The molecule has 2 aliphatic rings. The van der Waals surface area contributed by atoms with Crippen molar-refractivity contribution in [1.29, 1.82) is 0 Å². The van der Waals surface area contributed by atoms with Crippen molar-refractivity contribution < 1.29 is 23.9 Å². The molecule has 1 fully saturated rings. The van der Waals surface area contributed by atoms with Gasteiger partial charge in [-0.3, -0.25) is 4.79 Å². The third-order valence-electron chi connectivity index (χ3n) is 9.27. The summed E-state index contributed by atoms with van der Waals surface area (Å²) in [5.74, 6) is 0.242. The summed E-state index contributed by atoms with van der Waals surface area (Å²) in [7, 11) is -0.0918. The van der Waals surface area contributed by atoms with Crippen LogP contribution in [0, 0.1) is 12.8 Å². The zero-order valence-corrected chi connectivity index (χ0v) is 27.4. The van der Waals surface area contributed by atoms with Gasteiger partial charge < -0.3 is 24.1 Å². The van der Waals surface area contributed by atoms with Crippen molar-refractivity contribution in [3.05, 3.63) is 70.8 Å².